The van der Waals surface area contributed by atoms with E-state index in [1.54, 1.807) is 30.7 Å². The predicted molar refractivity (Wildman–Crippen MR) is 150 cm³/mol. The maximum atomic E-state index is 13.5. The number of fused-ring (bicyclic) bond motifs is 1. The highest BCUT2D eigenvalue weighted by atomic mass is 35.5. The molecule has 0 spiro atoms. The fourth-order valence-corrected chi connectivity index (χ4v) is 6.17. The van der Waals surface area contributed by atoms with Gasteiger partial charge in [-0.2, -0.15) is 0 Å². The molecule has 1 amide bonds. The van der Waals surface area contributed by atoms with Gasteiger partial charge in [0.05, 0.1) is 24.3 Å². The third-order valence-corrected chi connectivity index (χ3v) is 8.04. The van der Waals surface area contributed by atoms with Crippen LogP contribution in [0.5, 0.6) is 11.5 Å². The highest BCUT2D eigenvalue weighted by Crippen LogP contribution is 2.45. The van der Waals surface area contributed by atoms with Crippen LogP contribution < -0.4 is 14.8 Å². The molecule has 0 bridgehead atoms. The third-order valence-electron chi connectivity index (χ3n) is 6.60. The molecular formula is C29H33ClN2O3S. The smallest absolute Gasteiger partial charge is 0.259 e. The predicted octanol–water partition coefficient (Wildman–Crippen LogP) is 7.96. The van der Waals surface area contributed by atoms with Gasteiger partial charge in [-0.15, -0.1) is 11.3 Å². The van der Waals surface area contributed by atoms with Crippen LogP contribution in [0.4, 0.5) is 10.7 Å². The fraction of sp³-hybridized carbons (Fsp3) is 0.379. The summed E-state index contributed by atoms with van der Waals surface area (Å²) in [6.45, 7) is 9.28. The summed E-state index contributed by atoms with van der Waals surface area (Å²) in [5.74, 6) is 1.51. The third kappa shape index (κ3) is 5.76. The Balaban J connectivity index is 1.72. The number of ether oxygens (including phenoxy) is 2. The van der Waals surface area contributed by atoms with Crippen molar-refractivity contribution < 1.29 is 14.3 Å². The van der Waals surface area contributed by atoms with Gasteiger partial charge in [0, 0.05) is 16.8 Å². The summed E-state index contributed by atoms with van der Waals surface area (Å²) in [5.41, 5.74) is 3.56. The molecule has 190 valence electrons. The van der Waals surface area contributed by atoms with Gasteiger partial charge in [0.15, 0.2) is 11.5 Å². The Morgan fingerprint density at radius 2 is 2.00 bits per heavy atom. The maximum absolute atomic E-state index is 13.5. The topological polar surface area (TPSA) is 59.9 Å². The van der Waals surface area contributed by atoms with Crippen molar-refractivity contribution in [1.29, 1.82) is 0 Å². The van der Waals surface area contributed by atoms with Crippen LogP contribution in [0.2, 0.25) is 5.02 Å². The van der Waals surface area contributed by atoms with E-state index in [1.165, 1.54) is 4.88 Å². The second-order valence-corrected chi connectivity index (χ2v) is 11.5. The number of hydrogen-bond acceptors (Lipinski definition) is 5. The lowest BCUT2D eigenvalue weighted by atomic mass is 9.72. The van der Waals surface area contributed by atoms with Crippen molar-refractivity contribution in [3.63, 3.8) is 0 Å². The van der Waals surface area contributed by atoms with Crippen LogP contribution in [0.3, 0.4) is 0 Å². The Hall–Kier alpha value is -2.83. The van der Waals surface area contributed by atoms with E-state index in [1.807, 2.05) is 43.3 Å². The minimum atomic E-state index is -0.122. The number of halogens is 1. The molecule has 1 aliphatic rings. The van der Waals surface area contributed by atoms with Gasteiger partial charge in [0.25, 0.3) is 5.91 Å². The number of nitrogens with zero attached hydrogens (tertiary/aromatic N) is 1. The largest absolute Gasteiger partial charge is 0.491 e. The number of carbonyl (C=O) groups is 1. The van der Waals surface area contributed by atoms with E-state index in [2.05, 4.69) is 26.1 Å². The second-order valence-electron chi connectivity index (χ2n) is 10.0. The number of carbonyl (C=O) groups excluding carboxylic acids is 1. The number of thiophene rings is 1. The van der Waals surface area contributed by atoms with Crippen molar-refractivity contribution in [1.82, 2.24) is 0 Å². The molecule has 0 saturated heterocycles. The number of amides is 1. The molecule has 3 aromatic rings. The molecule has 1 aliphatic carbocycles. The van der Waals surface area contributed by atoms with Crippen molar-refractivity contribution in [2.75, 3.05) is 19.0 Å². The highest BCUT2D eigenvalue weighted by Gasteiger charge is 2.33. The Labute approximate surface area is 222 Å². The molecule has 0 aliphatic heterocycles. The molecule has 5 nitrogen and oxygen atoms in total. The van der Waals surface area contributed by atoms with Gasteiger partial charge in [-0.25, -0.2) is 4.99 Å². The zero-order valence-corrected chi connectivity index (χ0v) is 23.1. The van der Waals surface area contributed by atoms with Crippen molar-refractivity contribution in [2.45, 2.75) is 47.0 Å². The first-order chi connectivity index (χ1) is 17.2. The number of methoxy groups -OCH3 is 1. The van der Waals surface area contributed by atoms with E-state index >= 15 is 0 Å². The van der Waals surface area contributed by atoms with E-state index in [0.717, 1.165) is 36.1 Å². The van der Waals surface area contributed by atoms with Crippen LogP contribution in [0.15, 0.2) is 47.5 Å². The normalized spacial score (nSPS) is 15.6. The average Bonchev–Trinajstić information content (AvgIpc) is 3.21. The standard InChI is InChI=1S/C29H33ClN2O3S/c1-6-35-23-15-18(14-22(30)26(23)34-5)17-31-28-25(27(33)32-20-10-8-7-9-11-20)21-13-12-19(29(2,3)4)16-24(21)36-28/h7-11,14-15,17,19H,6,12-13,16H2,1-5H3,(H,32,33)/t19-/m1/s1. The number of anilines is 1. The van der Waals surface area contributed by atoms with E-state index in [-0.39, 0.29) is 11.3 Å². The van der Waals surface area contributed by atoms with Crippen LogP contribution in [-0.4, -0.2) is 25.8 Å². The van der Waals surface area contributed by atoms with Gasteiger partial charge in [-0.05, 0) is 72.9 Å². The fourth-order valence-electron chi connectivity index (χ4n) is 4.61. The van der Waals surface area contributed by atoms with Crippen molar-refractivity contribution in [3.05, 3.63) is 69.1 Å². The molecule has 0 saturated carbocycles. The van der Waals surface area contributed by atoms with Crippen LogP contribution >= 0.6 is 22.9 Å². The zero-order chi connectivity index (χ0) is 25.9. The van der Waals surface area contributed by atoms with Gasteiger partial charge in [-0.3, -0.25) is 4.79 Å². The Bertz CT molecular complexity index is 1260. The summed E-state index contributed by atoms with van der Waals surface area (Å²) in [6, 6.07) is 13.2. The monoisotopic (exact) mass is 524 g/mol. The van der Waals surface area contributed by atoms with Crippen LogP contribution in [0.25, 0.3) is 0 Å². The Morgan fingerprint density at radius 1 is 1.25 bits per heavy atom. The summed E-state index contributed by atoms with van der Waals surface area (Å²) in [6.07, 6.45) is 4.65. The van der Waals surface area contributed by atoms with Crippen molar-refractivity contribution in [3.8, 4) is 11.5 Å². The molecule has 4 rings (SSSR count). The first-order valence-electron chi connectivity index (χ1n) is 12.3. The molecule has 1 heterocycles. The van der Waals surface area contributed by atoms with Crippen LogP contribution in [0, 0.1) is 11.3 Å². The highest BCUT2D eigenvalue weighted by molar-refractivity contribution is 7.16. The summed E-state index contributed by atoms with van der Waals surface area (Å²) in [4.78, 5) is 19.6. The van der Waals surface area contributed by atoms with Gasteiger partial charge in [0.2, 0.25) is 0 Å². The molecule has 1 N–H and O–H groups in total. The molecule has 36 heavy (non-hydrogen) atoms. The quantitative estimate of drug-likeness (QED) is 0.319. The molecule has 1 atom stereocenters. The summed E-state index contributed by atoms with van der Waals surface area (Å²) >= 11 is 8.06. The van der Waals surface area contributed by atoms with E-state index in [4.69, 9.17) is 26.1 Å². The summed E-state index contributed by atoms with van der Waals surface area (Å²) in [7, 11) is 1.57. The number of hydrogen-bond donors (Lipinski definition) is 1. The molecule has 1 aromatic heterocycles. The number of aliphatic imine (C=N–C) groups is 1. The zero-order valence-electron chi connectivity index (χ0n) is 21.5. The molecule has 2 aromatic carbocycles. The lowest BCUT2D eigenvalue weighted by Gasteiger charge is -2.33. The molecule has 0 radical (unpaired) electrons. The summed E-state index contributed by atoms with van der Waals surface area (Å²) < 4.78 is 11.1. The lowest BCUT2D eigenvalue weighted by Crippen LogP contribution is -2.27. The van der Waals surface area contributed by atoms with Crippen LogP contribution in [-0.2, 0) is 12.8 Å². The lowest BCUT2D eigenvalue weighted by molar-refractivity contribution is 0.102. The number of benzene rings is 2. The first kappa shape index (κ1) is 26.2. The van der Waals surface area contributed by atoms with Gasteiger partial charge in [-0.1, -0.05) is 50.6 Å². The van der Waals surface area contributed by atoms with Gasteiger partial charge < -0.3 is 14.8 Å². The number of para-hydroxylation sites is 1. The van der Waals surface area contributed by atoms with E-state index in [0.29, 0.717) is 39.6 Å². The number of rotatable bonds is 7. The maximum Gasteiger partial charge on any atom is 0.259 e. The van der Waals surface area contributed by atoms with Crippen LogP contribution in [0.1, 0.15) is 60.5 Å². The van der Waals surface area contributed by atoms with Crippen molar-refractivity contribution >= 4 is 45.7 Å². The molecule has 0 unspecified atom stereocenters. The molecule has 7 heteroatoms. The minimum absolute atomic E-state index is 0.122. The SMILES string of the molecule is CCOc1cc(C=Nc2sc3c(c2C(=O)Nc2ccccc2)CC[C@@H](C(C)(C)C)C3)cc(Cl)c1OC. The number of nitrogens with one attached hydrogen (secondary N) is 1. The van der Waals surface area contributed by atoms with E-state index < -0.39 is 0 Å². The average molecular weight is 525 g/mol. The second kappa shape index (κ2) is 11.1. The van der Waals surface area contributed by atoms with Gasteiger partial charge >= 0.3 is 0 Å². The summed E-state index contributed by atoms with van der Waals surface area (Å²) in [5, 5.41) is 4.23. The van der Waals surface area contributed by atoms with E-state index in [9.17, 15) is 4.79 Å². The Morgan fingerprint density at radius 3 is 2.67 bits per heavy atom. The van der Waals surface area contributed by atoms with Crippen molar-refractivity contribution in [2.24, 2.45) is 16.3 Å². The first-order valence-corrected chi connectivity index (χ1v) is 13.5. The van der Waals surface area contributed by atoms with Gasteiger partial charge in [0.1, 0.15) is 5.00 Å². The molecule has 0 fully saturated rings. The molecular weight excluding hydrogens is 492 g/mol. The minimum Gasteiger partial charge on any atom is -0.491 e. The Kier molecular flexibility index (Phi) is 8.06.